The Labute approximate surface area is 264 Å². The summed E-state index contributed by atoms with van der Waals surface area (Å²) in [7, 11) is -3.99. The topological polar surface area (TPSA) is 98.5 Å². The molecule has 3 N–H and O–H groups in total. The zero-order valence-electron chi connectivity index (χ0n) is 24.2. The van der Waals surface area contributed by atoms with Crippen LogP contribution in [0.3, 0.4) is 0 Å². The second-order valence-corrected chi connectivity index (χ2v) is 12.8. The number of nitrogens with one attached hydrogen (secondary N) is 1. The van der Waals surface area contributed by atoms with Gasteiger partial charge in [-0.15, -0.1) is 0 Å². The first-order valence-corrected chi connectivity index (χ1v) is 16.2. The predicted molar refractivity (Wildman–Crippen MR) is 165 cm³/mol. The molecule has 1 unspecified atom stereocenters. The molecule has 0 fully saturated rings. The van der Waals surface area contributed by atoms with Crippen molar-refractivity contribution in [3.05, 3.63) is 130 Å². The van der Waals surface area contributed by atoms with Crippen LogP contribution in [0.5, 0.6) is 5.75 Å². The van der Waals surface area contributed by atoms with Crippen LogP contribution < -0.4 is 15.8 Å². The number of benzene rings is 4. The summed E-state index contributed by atoms with van der Waals surface area (Å²) >= 11 is 6.30. The number of hydrogen-bond donors (Lipinski definition) is 2. The van der Waals surface area contributed by atoms with Crippen molar-refractivity contribution in [1.82, 2.24) is 5.32 Å². The van der Waals surface area contributed by atoms with Crippen LogP contribution in [0.4, 0.5) is 17.6 Å². The number of alkyl halides is 3. The van der Waals surface area contributed by atoms with Crippen molar-refractivity contribution in [2.45, 2.75) is 35.9 Å². The number of sulfone groups is 1. The molecule has 4 rings (SSSR count). The lowest BCUT2D eigenvalue weighted by atomic mass is 9.82. The Bertz CT molecular complexity index is 1700. The highest BCUT2D eigenvalue weighted by molar-refractivity contribution is 7.90. The molecule has 4 aromatic rings. The molecule has 1 amide bonds. The van der Waals surface area contributed by atoms with Gasteiger partial charge < -0.3 is 15.8 Å². The number of nitrogens with two attached hydrogens (primary N) is 1. The smallest absolute Gasteiger partial charge is 0.417 e. The van der Waals surface area contributed by atoms with Gasteiger partial charge in [-0.05, 0) is 48.2 Å². The first-order chi connectivity index (χ1) is 21.3. The summed E-state index contributed by atoms with van der Waals surface area (Å²) in [6, 6.07) is 24.5. The molecule has 0 spiro atoms. The number of hydrogen-bond acceptors (Lipinski definition) is 5. The molecule has 0 aliphatic heterocycles. The molecular weight excluding hydrogens is 632 g/mol. The normalized spacial score (nSPS) is 12.7. The number of amides is 1. The zero-order valence-corrected chi connectivity index (χ0v) is 25.7. The molecule has 1 atom stereocenters. The maximum Gasteiger partial charge on any atom is 0.417 e. The predicted octanol–water partition coefficient (Wildman–Crippen LogP) is 6.80. The molecule has 6 nitrogen and oxygen atoms in total. The van der Waals surface area contributed by atoms with Gasteiger partial charge in [0.1, 0.15) is 11.6 Å². The molecule has 0 heterocycles. The van der Waals surface area contributed by atoms with Gasteiger partial charge in [0, 0.05) is 24.3 Å². The minimum Gasteiger partial charge on any atom is -0.493 e. The fourth-order valence-electron chi connectivity index (χ4n) is 5.20. The van der Waals surface area contributed by atoms with Crippen LogP contribution in [0, 0.1) is 5.82 Å². The molecule has 0 bridgehead atoms. The first-order valence-electron chi connectivity index (χ1n) is 13.9. The highest BCUT2D eigenvalue weighted by Crippen LogP contribution is 2.38. The molecular formula is C33H31ClF4N2O4S. The third-order valence-corrected chi connectivity index (χ3v) is 8.78. The van der Waals surface area contributed by atoms with E-state index in [0.29, 0.717) is 18.5 Å². The molecule has 0 saturated heterocycles. The van der Waals surface area contributed by atoms with Crippen molar-refractivity contribution in [3.63, 3.8) is 0 Å². The second-order valence-electron chi connectivity index (χ2n) is 10.5. The van der Waals surface area contributed by atoms with Gasteiger partial charge in [-0.25, -0.2) is 12.8 Å². The average Bonchev–Trinajstić information content (AvgIpc) is 2.97. The van der Waals surface area contributed by atoms with Crippen LogP contribution in [0.15, 0.2) is 95.9 Å². The van der Waals surface area contributed by atoms with Gasteiger partial charge in [-0.1, -0.05) is 84.4 Å². The van der Waals surface area contributed by atoms with Gasteiger partial charge in [-0.2, -0.15) is 13.2 Å². The maximum atomic E-state index is 14.6. The van der Waals surface area contributed by atoms with Crippen LogP contribution in [0.2, 0.25) is 5.02 Å². The molecule has 45 heavy (non-hydrogen) atoms. The van der Waals surface area contributed by atoms with Crippen LogP contribution in [-0.4, -0.2) is 39.8 Å². The Kier molecular flexibility index (Phi) is 10.9. The molecule has 0 saturated carbocycles. The summed E-state index contributed by atoms with van der Waals surface area (Å²) in [4.78, 5) is 11.1. The van der Waals surface area contributed by atoms with E-state index in [1.54, 1.807) is 6.07 Å². The van der Waals surface area contributed by atoms with E-state index in [0.717, 1.165) is 35.6 Å². The Morgan fingerprint density at radius 3 is 2.09 bits per heavy atom. The van der Waals surface area contributed by atoms with E-state index in [4.69, 9.17) is 22.1 Å². The molecule has 4 aromatic carbocycles. The highest BCUT2D eigenvalue weighted by Gasteiger charge is 2.35. The number of halogens is 5. The van der Waals surface area contributed by atoms with Gasteiger partial charge in [0.15, 0.2) is 9.84 Å². The maximum absolute atomic E-state index is 14.6. The standard InChI is InChI=1S/C33H31ClF4N2O4S/c1-45(42,43)28-20-24(19-26(35)30(28)32(39)41)44-17-9-16-40-27(18-23-14-8-15-25(31(23)34)33(36,37)38)29(21-10-4-2-5-11-21)22-12-6-3-7-13-22/h2-8,10-15,19-20,27,29,40H,9,16-18H2,1H3,(H2,39,41). The first kappa shape index (κ1) is 34.0. The van der Waals surface area contributed by atoms with Gasteiger partial charge in [0.25, 0.3) is 5.91 Å². The van der Waals surface area contributed by atoms with E-state index in [2.05, 4.69) is 5.32 Å². The minimum atomic E-state index is -4.61. The molecule has 0 aromatic heterocycles. The van der Waals surface area contributed by atoms with Crippen LogP contribution in [0.1, 0.15) is 45.0 Å². The Hall–Kier alpha value is -3.93. The van der Waals surface area contributed by atoms with E-state index in [-0.39, 0.29) is 29.7 Å². The van der Waals surface area contributed by atoms with Crippen LogP contribution in [0.25, 0.3) is 0 Å². The van der Waals surface area contributed by atoms with E-state index < -0.39 is 49.8 Å². The van der Waals surface area contributed by atoms with Gasteiger partial charge in [-0.3, -0.25) is 4.79 Å². The van der Waals surface area contributed by atoms with Gasteiger partial charge >= 0.3 is 6.18 Å². The summed E-state index contributed by atoms with van der Waals surface area (Å²) in [6.45, 7) is 0.363. The third-order valence-electron chi connectivity index (χ3n) is 7.21. The molecule has 238 valence electrons. The van der Waals surface area contributed by atoms with E-state index in [1.165, 1.54) is 6.07 Å². The molecule has 0 radical (unpaired) electrons. The number of primary amides is 1. The van der Waals surface area contributed by atoms with Crippen molar-refractivity contribution < 1.29 is 35.5 Å². The average molecular weight is 663 g/mol. The summed E-state index contributed by atoms with van der Waals surface area (Å²) < 4.78 is 85.5. The van der Waals surface area contributed by atoms with E-state index in [1.807, 2.05) is 60.7 Å². The zero-order chi connectivity index (χ0) is 32.8. The number of rotatable bonds is 13. The largest absolute Gasteiger partial charge is 0.493 e. The van der Waals surface area contributed by atoms with Crippen molar-refractivity contribution >= 4 is 27.3 Å². The summed E-state index contributed by atoms with van der Waals surface area (Å²) in [5.41, 5.74) is 5.74. The molecule has 0 aliphatic rings. The fraction of sp³-hybridized carbons (Fsp3) is 0.242. The lowest BCUT2D eigenvalue weighted by Gasteiger charge is -2.30. The van der Waals surface area contributed by atoms with Crippen LogP contribution >= 0.6 is 11.6 Å². The highest BCUT2D eigenvalue weighted by atomic mass is 35.5. The number of carbonyl (C=O) groups excluding carboxylic acids is 1. The number of ether oxygens (including phenoxy) is 1. The molecule has 12 heteroatoms. The summed E-state index contributed by atoms with van der Waals surface area (Å²) in [5.74, 6) is -2.71. The third kappa shape index (κ3) is 8.62. The van der Waals surface area contributed by atoms with Crippen molar-refractivity contribution in [1.29, 1.82) is 0 Å². The lowest BCUT2D eigenvalue weighted by Crippen LogP contribution is -2.38. The van der Waals surface area contributed by atoms with Crippen molar-refractivity contribution in [3.8, 4) is 5.75 Å². The SMILES string of the molecule is CS(=O)(=O)c1cc(OCCCNC(Cc2cccc(C(F)(F)F)c2Cl)C(c2ccccc2)c2ccccc2)cc(F)c1C(N)=O. The Morgan fingerprint density at radius 2 is 1.56 bits per heavy atom. The van der Waals surface area contributed by atoms with Crippen molar-refractivity contribution in [2.24, 2.45) is 5.73 Å². The van der Waals surface area contributed by atoms with Crippen LogP contribution in [-0.2, 0) is 22.4 Å². The lowest BCUT2D eigenvalue weighted by molar-refractivity contribution is -0.137. The van der Waals surface area contributed by atoms with E-state index >= 15 is 0 Å². The fourth-order valence-corrected chi connectivity index (χ4v) is 6.41. The summed E-state index contributed by atoms with van der Waals surface area (Å²) in [5, 5.41) is 3.10. The van der Waals surface area contributed by atoms with Crippen molar-refractivity contribution in [2.75, 3.05) is 19.4 Å². The summed E-state index contributed by atoms with van der Waals surface area (Å²) in [6.07, 6.45) is -3.27. The minimum absolute atomic E-state index is 0.0317. The number of carbonyl (C=O) groups is 1. The van der Waals surface area contributed by atoms with Gasteiger partial charge in [0.2, 0.25) is 0 Å². The quantitative estimate of drug-likeness (QED) is 0.121. The monoisotopic (exact) mass is 662 g/mol. The molecule has 0 aliphatic carbocycles. The van der Waals surface area contributed by atoms with Gasteiger partial charge in [0.05, 0.1) is 27.7 Å². The second kappa shape index (κ2) is 14.4. The Morgan fingerprint density at radius 1 is 0.956 bits per heavy atom. The Balaban J connectivity index is 1.58. The van der Waals surface area contributed by atoms with E-state index in [9.17, 15) is 30.8 Å².